The Morgan fingerprint density at radius 1 is 1.00 bits per heavy atom. The van der Waals surface area contributed by atoms with Crippen LogP contribution in [-0.2, 0) is 0 Å². The van der Waals surface area contributed by atoms with Crippen LogP contribution in [-0.4, -0.2) is 10.2 Å². The average molecular weight is 302 g/mol. The van der Waals surface area contributed by atoms with Crippen molar-refractivity contribution in [2.45, 2.75) is 13.0 Å². The van der Waals surface area contributed by atoms with Crippen molar-refractivity contribution >= 4 is 28.2 Å². The number of anilines is 1. The molecule has 0 amide bonds. The minimum Gasteiger partial charge on any atom is -0.362 e. The normalized spacial score (nSPS) is 12.3. The molecule has 0 unspecified atom stereocenters. The first kappa shape index (κ1) is 13.8. The summed E-state index contributed by atoms with van der Waals surface area (Å²) in [5.74, 6) is 0.412. The number of nitrogens with one attached hydrogen (secondary N) is 1. The lowest BCUT2D eigenvalue weighted by Crippen LogP contribution is -2.09. The van der Waals surface area contributed by atoms with Gasteiger partial charge in [-0.1, -0.05) is 48.0 Å². The van der Waals surface area contributed by atoms with Gasteiger partial charge in [0.2, 0.25) is 0 Å². The topological polar surface area (TPSA) is 37.8 Å². The first-order chi connectivity index (χ1) is 10.1. The lowest BCUT2D eigenvalue weighted by atomic mass is 10.1. The summed E-state index contributed by atoms with van der Waals surface area (Å²) >= 11 is 6.06. The van der Waals surface area contributed by atoms with Crippen LogP contribution in [0.5, 0.6) is 0 Å². The highest BCUT2D eigenvalue weighted by atomic mass is 35.5. The second-order valence-electron chi connectivity index (χ2n) is 4.80. The second kappa shape index (κ2) is 5.66. The molecule has 3 nitrogen and oxygen atoms in total. The average Bonchev–Trinajstić information content (AvgIpc) is 2.51. The molecule has 1 atom stereocenters. The van der Waals surface area contributed by atoms with Crippen molar-refractivity contribution in [3.63, 3.8) is 0 Å². The van der Waals surface area contributed by atoms with E-state index in [1.165, 1.54) is 12.1 Å². The molecule has 1 aromatic heterocycles. The Morgan fingerprint density at radius 2 is 1.67 bits per heavy atom. The van der Waals surface area contributed by atoms with Crippen LogP contribution in [0.4, 0.5) is 10.2 Å². The summed E-state index contributed by atoms with van der Waals surface area (Å²) < 4.78 is 13.0. The minimum absolute atomic E-state index is 0.0236. The second-order valence-corrected chi connectivity index (χ2v) is 5.16. The summed E-state index contributed by atoms with van der Waals surface area (Å²) in [6.07, 6.45) is 0. The smallest absolute Gasteiger partial charge is 0.159 e. The largest absolute Gasteiger partial charge is 0.362 e. The van der Waals surface area contributed by atoms with E-state index in [0.29, 0.717) is 11.0 Å². The van der Waals surface area contributed by atoms with E-state index < -0.39 is 0 Å². The number of benzene rings is 2. The first-order valence-electron chi connectivity index (χ1n) is 6.58. The molecule has 5 heteroatoms. The maximum absolute atomic E-state index is 13.0. The molecule has 0 saturated carbocycles. The summed E-state index contributed by atoms with van der Waals surface area (Å²) in [6, 6.07) is 14.0. The van der Waals surface area contributed by atoms with E-state index in [1.807, 2.05) is 31.2 Å². The van der Waals surface area contributed by atoms with E-state index in [-0.39, 0.29) is 11.9 Å². The molecule has 106 valence electrons. The maximum Gasteiger partial charge on any atom is 0.159 e. The lowest BCUT2D eigenvalue weighted by molar-refractivity contribution is 0.626. The van der Waals surface area contributed by atoms with Gasteiger partial charge in [-0.25, -0.2) is 4.39 Å². The van der Waals surface area contributed by atoms with Crippen LogP contribution in [0.1, 0.15) is 18.5 Å². The number of aromatic nitrogens is 2. The van der Waals surface area contributed by atoms with E-state index in [9.17, 15) is 4.39 Å². The number of hydrogen-bond donors (Lipinski definition) is 1. The SMILES string of the molecule is C[C@@H](Nc1nnc(Cl)c2ccccc12)c1ccc(F)cc1. The van der Waals surface area contributed by atoms with Gasteiger partial charge in [-0.3, -0.25) is 0 Å². The van der Waals surface area contributed by atoms with Crippen LogP contribution >= 0.6 is 11.6 Å². The Kier molecular flexibility index (Phi) is 3.71. The Morgan fingerprint density at radius 3 is 2.38 bits per heavy atom. The summed E-state index contributed by atoms with van der Waals surface area (Å²) in [5, 5.41) is 13.5. The molecular weight excluding hydrogens is 289 g/mol. The molecule has 0 aliphatic rings. The number of rotatable bonds is 3. The van der Waals surface area contributed by atoms with Gasteiger partial charge in [-0.05, 0) is 24.6 Å². The summed E-state index contributed by atoms with van der Waals surface area (Å²) in [6.45, 7) is 1.98. The monoisotopic (exact) mass is 301 g/mol. The van der Waals surface area contributed by atoms with Gasteiger partial charge in [0, 0.05) is 10.8 Å². The Labute approximate surface area is 126 Å². The zero-order valence-electron chi connectivity index (χ0n) is 11.3. The van der Waals surface area contributed by atoms with Gasteiger partial charge in [0.25, 0.3) is 0 Å². The predicted octanol–water partition coefficient (Wildman–Crippen LogP) is 4.60. The van der Waals surface area contributed by atoms with Crippen LogP contribution in [0.15, 0.2) is 48.5 Å². The zero-order chi connectivity index (χ0) is 14.8. The van der Waals surface area contributed by atoms with Gasteiger partial charge in [-0.15, -0.1) is 10.2 Å². The number of nitrogens with zero attached hydrogens (tertiary/aromatic N) is 2. The molecule has 3 rings (SSSR count). The summed E-state index contributed by atoms with van der Waals surface area (Å²) in [4.78, 5) is 0. The molecule has 1 heterocycles. The third-order valence-corrected chi connectivity index (χ3v) is 3.64. The molecule has 0 radical (unpaired) electrons. The van der Waals surface area contributed by atoms with Gasteiger partial charge in [0.05, 0.1) is 6.04 Å². The van der Waals surface area contributed by atoms with Crippen molar-refractivity contribution in [2.24, 2.45) is 0 Å². The van der Waals surface area contributed by atoms with Crippen LogP contribution in [0.3, 0.4) is 0 Å². The van der Waals surface area contributed by atoms with E-state index in [1.54, 1.807) is 12.1 Å². The van der Waals surface area contributed by atoms with Gasteiger partial charge < -0.3 is 5.32 Å². The molecule has 0 fully saturated rings. The van der Waals surface area contributed by atoms with Crippen LogP contribution in [0.2, 0.25) is 5.15 Å². The minimum atomic E-state index is -0.248. The van der Waals surface area contributed by atoms with Gasteiger partial charge in [0.15, 0.2) is 11.0 Å². The molecule has 3 aromatic rings. The van der Waals surface area contributed by atoms with Crippen molar-refractivity contribution < 1.29 is 4.39 Å². The molecule has 0 aliphatic carbocycles. The van der Waals surface area contributed by atoms with Crippen molar-refractivity contribution in [3.05, 3.63) is 65.1 Å². The first-order valence-corrected chi connectivity index (χ1v) is 6.96. The highest BCUT2D eigenvalue weighted by Crippen LogP contribution is 2.28. The van der Waals surface area contributed by atoms with Crippen LogP contribution in [0.25, 0.3) is 10.8 Å². The number of halogens is 2. The Hall–Kier alpha value is -2.20. The fourth-order valence-electron chi connectivity index (χ4n) is 2.22. The van der Waals surface area contributed by atoms with E-state index >= 15 is 0 Å². The van der Waals surface area contributed by atoms with Crippen molar-refractivity contribution in [1.82, 2.24) is 10.2 Å². The third kappa shape index (κ3) is 2.81. The zero-order valence-corrected chi connectivity index (χ0v) is 12.1. The lowest BCUT2D eigenvalue weighted by Gasteiger charge is -2.16. The van der Waals surface area contributed by atoms with Crippen LogP contribution in [0, 0.1) is 5.82 Å². The molecule has 2 aromatic carbocycles. The fraction of sp³-hybridized carbons (Fsp3) is 0.125. The quantitative estimate of drug-likeness (QED) is 0.768. The maximum atomic E-state index is 13.0. The highest BCUT2D eigenvalue weighted by molar-refractivity contribution is 6.34. The van der Waals surface area contributed by atoms with E-state index in [2.05, 4.69) is 15.5 Å². The number of hydrogen-bond acceptors (Lipinski definition) is 3. The summed E-state index contributed by atoms with van der Waals surface area (Å²) in [7, 11) is 0. The molecule has 0 spiro atoms. The third-order valence-electron chi connectivity index (χ3n) is 3.37. The fourth-order valence-corrected chi connectivity index (χ4v) is 2.42. The van der Waals surface area contributed by atoms with Gasteiger partial charge in [0.1, 0.15) is 5.82 Å². The van der Waals surface area contributed by atoms with Crippen LogP contribution < -0.4 is 5.32 Å². The molecule has 0 aliphatic heterocycles. The van der Waals surface area contributed by atoms with Gasteiger partial charge in [-0.2, -0.15) is 0 Å². The van der Waals surface area contributed by atoms with Crippen molar-refractivity contribution in [2.75, 3.05) is 5.32 Å². The Bertz CT molecular complexity index is 774. The standard InChI is InChI=1S/C16H13ClFN3/c1-10(11-6-8-12(18)9-7-11)19-16-14-5-3-2-4-13(14)15(17)20-21-16/h2-10H,1H3,(H,19,21)/t10-/m1/s1. The number of fused-ring (bicyclic) bond motifs is 1. The summed E-state index contributed by atoms with van der Waals surface area (Å²) in [5.41, 5.74) is 0.970. The molecule has 0 saturated heterocycles. The molecule has 21 heavy (non-hydrogen) atoms. The van der Waals surface area contributed by atoms with E-state index in [0.717, 1.165) is 16.3 Å². The Balaban J connectivity index is 1.95. The predicted molar refractivity (Wildman–Crippen MR) is 83.0 cm³/mol. The van der Waals surface area contributed by atoms with Gasteiger partial charge >= 0.3 is 0 Å². The molecular formula is C16H13ClFN3. The molecule has 1 N–H and O–H groups in total. The van der Waals surface area contributed by atoms with E-state index in [4.69, 9.17) is 11.6 Å². The van der Waals surface area contributed by atoms with Crippen molar-refractivity contribution in [1.29, 1.82) is 0 Å². The van der Waals surface area contributed by atoms with Crippen molar-refractivity contribution in [3.8, 4) is 0 Å². The highest BCUT2D eigenvalue weighted by Gasteiger charge is 2.11. The molecule has 0 bridgehead atoms.